The van der Waals surface area contributed by atoms with Gasteiger partial charge in [-0.2, -0.15) is 0 Å². The zero-order valence-electron chi connectivity index (χ0n) is 16.3. The minimum atomic E-state index is -1.17. The molecule has 30 heavy (non-hydrogen) atoms. The van der Waals surface area contributed by atoms with Gasteiger partial charge in [0.15, 0.2) is 0 Å². The Labute approximate surface area is 173 Å². The first-order chi connectivity index (χ1) is 14.6. The number of hydrogen-bond acceptors (Lipinski definition) is 4. The zero-order chi connectivity index (χ0) is 20.6. The summed E-state index contributed by atoms with van der Waals surface area (Å²) in [6.45, 7) is 1.75. The fraction of sp³-hybridized carbons (Fsp3) is 0.0833. The van der Waals surface area contributed by atoms with Crippen LogP contribution in [0.4, 0.5) is 0 Å². The van der Waals surface area contributed by atoms with Gasteiger partial charge in [0.05, 0.1) is 22.9 Å². The predicted molar refractivity (Wildman–Crippen MR) is 115 cm³/mol. The van der Waals surface area contributed by atoms with Gasteiger partial charge >= 0.3 is 0 Å². The molecule has 0 fully saturated rings. The van der Waals surface area contributed by atoms with Crippen LogP contribution in [0.25, 0.3) is 22.4 Å². The van der Waals surface area contributed by atoms with Crippen LogP contribution >= 0.6 is 0 Å². The van der Waals surface area contributed by atoms with Crippen molar-refractivity contribution in [3.05, 3.63) is 96.4 Å². The summed E-state index contributed by atoms with van der Waals surface area (Å²) >= 11 is 0. The second kappa shape index (κ2) is 7.17. The van der Waals surface area contributed by atoms with E-state index in [9.17, 15) is 5.11 Å². The van der Waals surface area contributed by atoms with Gasteiger partial charge < -0.3 is 19.8 Å². The smallest absolute Gasteiger partial charge is 0.219 e. The summed E-state index contributed by atoms with van der Waals surface area (Å²) in [6.07, 6.45) is 3.51. The topological polar surface area (TPSA) is 86.8 Å². The van der Waals surface area contributed by atoms with E-state index in [0.717, 1.165) is 22.2 Å². The van der Waals surface area contributed by atoms with E-state index < -0.39 is 5.60 Å². The Kier molecular flexibility index (Phi) is 4.34. The largest absolute Gasteiger partial charge is 0.439 e. The van der Waals surface area contributed by atoms with Crippen LogP contribution in [0, 0.1) is 0 Å². The number of fused-ring (bicyclic) bond motifs is 1. The maximum absolute atomic E-state index is 11.0. The molecule has 3 heterocycles. The molecule has 1 unspecified atom stereocenters. The van der Waals surface area contributed by atoms with E-state index in [1.807, 2.05) is 79.0 Å². The molecule has 0 aliphatic heterocycles. The average Bonchev–Trinajstić information content (AvgIpc) is 3.44. The van der Waals surface area contributed by atoms with Gasteiger partial charge in [-0.15, -0.1) is 0 Å². The van der Waals surface area contributed by atoms with Crippen molar-refractivity contribution in [3.8, 4) is 23.0 Å². The maximum Gasteiger partial charge on any atom is 0.219 e. The molecule has 0 bridgehead atoms. The molecule has 6 heteroatoms. The molecular formula is C24H20N4O2. The highest BCUT2D eigenvalue weighted by molar-refractivity contribution is 5.75. The molecule has 1 atom stereocenters. The Bertz CT molecular complexity index is 1310. The van der Waals surface area contributed by atoms with Crippen molar-refractivity contribution in [1.82, 2.24) is 19.9 Å². The first kappa shape index (κ1) is 18.1. The van der Waals surface area contributed by atoms with Crippen molar-refractivity contribution in [2.75, 3.05) is 0 Å². The highest BCUT2D eigenvalue weighted by Gasteiger charge is 2.27. The summed E-state index contributed by atoms with van der Waals surface area (Å²) in [5.74, 6) is 1.83. The van der Waals surface area contributed by atoms with Crippen LogP contribution in [-0.4, -0.2) is 25.0 Å². The van der Waals surface area contributed by atoms with Gasteiger partial charge in [-0.1, -0.05) is 42.5 Å². The number of nitrogens with zero attached hydrogens (tertiary/aromatic N) is 2. The van der Waals surface area contributed by atoms with E-state index in [0.29, 0.717) is 23.1 Å². The third-order valence-corrected chi connectivity index (χ3v) is 5.15. The summed E-state index contributed by atoms with van der Waals surface area (Å²) in [5.41, 5.74) is 2.91. The molecule has 6 nitrogen and oxygen atoms in total. The Hall–Kier alpha value is -3.90. The van der Waals surface area contributed by atoms with Crippen LogP contribution in [0.15, 0.2) is 85.2 Å². The van der Waals surface area contributed by atoms with Gasteiger partial charge in [0.25, 0.3) is 0 Å². The van der Waals surface area contributed by atoms with E-state index >= 15 is 0 Å². The number of hydrogen-bond donors (Lipinski definition) is 3. The number of nitrogens with one attached hydrogen (secondary N) is 2. The molecule has 5 rings (SSSR count). The van der Waals surface area contributed by atoms with Gasteiger partial charge in [0, 0.05) is 17.8 Å². The number of benzene rings is 2. The Morgan fingerprint density at radius 2 is 1.83 bits per heavy atom. The van der Waals surface area contributed by atoms with Crippen LogP contribution in [-0.2, 0) is 5.60 Å². The lowest BCUT2D eigenvalue weighted by Gasteiger charge is -2.22. The average molecular weight is 396 g/mol. The van der Waals surface area contributed by atoms with Crippen molar-refractivity contribution in [3.63, 3.8) is 0 Å². The number of H-pyrrole nitrogens is 2. The van der Waals surface area contributed by atoms with Crippen molar-refractivity contribution in [1.29, 1.82) is 0 Å². The number of rotatable bonds is 5. The standard InChI is InChI=1S/C24H20N4O2/c1-24(29,17-7-3-2-4-8-17)21-15-26-23(28-21)16-6-5-9-18(14-16)30-22-11-10-19-20(27-22)12-13-25-19/h2-15,25,29H,1H3,(H,26,28). The molecule has 0 radical (unpaired) electrons. The van der Waals surface area contributed by atoms with Crippen LogP contribution in [0.5, 0.6) is 11.6 Å². The van der Waals surface area contributed by atoms with E-state index in [1.54, 1.807) is 13.1 Å². The zero-order valence-corrected chi connectivity index (χ0v) is 16.3. The highest BCUT2D eigenvalue weighted by Crippen LogP contribution is 2.31. The third kappa shape index (κ3) is 3.33. The van der Waals surface area contributed by atoms with Crippen LogP contribution < -0.4 is 4.74 Å². The maximum atomic E-state index is 11.0. The normalized spacial score (nSPS) is 13.3. The molecule has 0 aliphatic rings. The molecule has 0 spiro atoms. The Balaban J connectivity index is 1.42. The second-order valence-corrected chi connectivity index (χ2v) is 7.27. The molecule has 0 saturated carbocycles. The van der Waals surface area contributed by atoms with Crippen molar-refractivity contribution in [2.45, 2.75) is 12.5 Å². The molecule has 0 amide bonds. The summed E-state index contributed by atoms with van der Waals surface area (Å²) in [6, 6.07) is 22.8. The summed E-state index contributed by atoms with van der Waals surface area (Å²) in [4.78, 5) is 15.3. The summed E-state index contributed by atoms with van der Waals surface area (Å²) < 4.78 is 5.95. The van der Waals surface area contributed by atoms with Crippen molar-refractivity contribution < 1.29 is 9.84 Å². The lowest BCUT2D eigenvalue weighted by atomic mass is 9.93. The molecule has 2 aromatic carbocycles. The van der Waals surface area contributed by atoms with Crippen LogP contribution in [0.3, 0.4) is 0 Å². The first-order valence-electron chi connectivity index (χ1n) is 9.65. The number of aromatic amines is 2. The molecule has 5 aromatic rings. The molecule has 0 aliphatic carbocycles. The van der Waals surface area contributed by atoms with E-state index in [2.05, 4.69) is 19.9 Å². The number of ether oxygens (including phenoxy) is 1. The quantitative estimate of drug-likeness (QED) is 0.390. The summed E-state index contributed by atoms with van der Waals surface area (Å²) in [7, 11) is 0. The number of imidazole rings is 1. The van der Waals surface area contributed by atoms with E-state index in [4.69, 9.17) is 4.74 Å². The number of aromatic nitrogens is 4. The fourth-order valence-corrected chi connectivity index (χ4v) is 3.43. The lowest BCUT2D eigenvalue weighted by molar-refractivity contribution is 0.0979. The first-order valence-corrected chi connectivity index (χ1v) is 9.65. The molecule has 3 aromatic heterocycles. The SMILES string of the molecule is CC(O)(c1ccccc1)c1cnc(-c2cccc(Oc3ccc4[nH]ccc4n3)c2)[nH]1. The second-order valence-electron chi connectivity index (χ2n) is 7.27. The molecule has 3 N–H and O–H groups in total. The molecule has 148 valence electrons. The predicted octanol–water partition coefficient (Wildman–Crippen LogP) is 5.00. The van der Waals surface area contributed by atoms with Crippen LogP contribution in [0.1, 0.15) is 18.2 Å². The highest BCUT2D eigenvalue weighted by atomic mass is 16.5. The van der Waals surface area contributed by atoms with Gasteiger partial charge in [-0.05, 0) is 36.8 Å². The van der Waals surface area contributed by atoms with Gasteiger partial charge in [-0.25, -0.2) is 9.97 Å². The minimum absolute atomic E-state index is 0.520. The van der Waals surface area contributed by atoms with Crippen molar-refractivity contribution in [2.24, 2.45) is 0 Å². The van der Waals surface area contributed by atoms with Gasteiger partial charge in [-0.3, -0.25) is 0 Å². The fourth-order valence-electron chi connectivity index (χ4n) is 3.43. The third-order valence-electron chi connectivity index (χ3n) is 5.15. The van der Waals surface area contributed by atoms with Crippen molar-refractivity contribution >= 4 is 11.0 Å². The summed E-state index contributed by atoms with van der Waals surface area (Å²) in [5, 5.41) is 11.0. The number of aliphatic hydroxyl groups is 1. The lowest BCUT2D eigenvalue weighted by Crippen LogP contribution is -2.23. The Morgan fingerprint density at radius 3 is 2.70 bits per heavy atom. The molecule has 0 saturated heterocycles. The molecular weight excluding hydrogens is 376 g/mol. The van der Waals surface area contributed by atoms with E-state index in [1.165, 1.54) is 0 Å². The van der Waals surface area contributed by atoms with E-state index in [-0.39, 0.29) is 0 Å². The monoisotopic (exact) mass is 396 g/mol. The van der Waals surface area contributed by atoms with Gasteiger partial charge in [0.1, 0.15) is 17.2 Å². The Morgan fingerprint density at radius 1 is 0.967 bits per heavy atom. The number of pyridine rings is 1. The van der Waals surface area contributed by atoms with Gasteiger partial charge in [0.2, 0.25) is 5.88 Å². The van der Waals surface area contributed by atoms with Crippen LogP contribution in [0.2, 0.25) is 0 Å². The minimum Gasteiger partial charge on any atom is -0.439 e.